The lowest BCUT2D eigenvalue weighted by Crippen LogP contribution is -2.40. The first-order chi connectivity index (χ1) is 12.7. The summed E-state index contributed by atoms with van der Waals surface area (Å²) in [5, 5.41) is 8.65. The number of anilines is 1. The molecule has 0 heterocycles. The molecule has 1 unspecified atom stereocenters. The van der Waals surface area contributed by atoms with Crippen LogP contribution in [0, 0.1) is 0 Å². The van der Waals surface area contributed by atoms with Gasteiger partial charge in [0.2, 0.25) is 0 Å². The molecule has 0 radical (unpaired) electrons. The van der Waals surface area contributed by atoms with Gasteiger partial charge >= 0.3 is 6.03 Å². The molecule has 1 atom stereocenters. The van der Waals surface area contributed by atoms with Gasteiger partial charge in [0.15, 0.2) is 0 Å². The summed E-state index contributed by atoms with van der Waals surface area (Å²) in [4.78, 5) is 24.3. The Morgan fingerprint density at radius 1 is 0.963 bits per heavy atom. The SMILES string of the molecule is CC(CCc1ccccc1)NC(=O)Nc1ccc(C(=O)NC(C)(C)C)cc1. The predicted octanol–water partition coefficient (Wildman–Crippen LogP) is 4.36. The summed E-state index contributed by atoms with van der Waals surface area (Å²) in [6.07, 6.45) is 1.78. The van der Waals surface area contributed by atoms with Crippen molar-refractivity contribution in [2.45, 2.75) is 52.1 Å². The molecule has 0 aliphatic carbocycles. The Morgan fingerprint density at radius 3 is 2.19 bits per heavy atom. The third kappa shape index (κ3) is 7.52. The Bertz CT molecular complexity index is 749. The highest BCUT2D eigenvalue weighted by atomic mass is 16.2. The minimum absolute atomic E-state index is 0.0574. The van der Waals surface area contributed by atoms with Gasteiger partial charge in [-0.15, -0.1) is 0 Å². The average molecular weight is 367 g/mol. The number of carbonyl (C=O) groups excluding carboxylic acids is 2. The third-order valence-corrected chi connectivity index (χ3v) is 3.98. The number of urea groups is 1. The van der Waals surface area contributed by atoms with E-state index in [-0.39, 0.29) is 23.5 Å². The van der Waals surface area contributed by atoms with Crippen molar-refractivity contribution in [1.82, 2.24) is 10.6 Å². The van der Waals surface area contributed by atoms with Gasteiger partial charge < -0.3 is 16.0 Å². The lowest BCUT2D eigenvalue weighted by molar-refractivity contribution is 0.0919. The second kappa shape index (κ2) is 9.21. The van der Waals surface area contributed by atoms with Gasteiger partial charge in [0, 0.05) is 22.8 Å². The highest BCUT2D eigenvalue weighted by molar-refractivity contribution is 5.95. The number of aryl methyl sites for hydroxylation is 1. The lowest BCUT2D eigenvalue weighted by atomic mass is 10.1. The fraction of sp³-hybridized carbons (Fsp3) is 0.364. The van der Waals surface area contributed by atoms with Crippen LogP contribution in [-0.4, -0.2) is 23.5 Å². The molecule has 0 aliphatic rings. The smallest absolute Gasteiger partial charge is 0.319 e. The fourth-order valence-electron chi connectivity index (χ4n) is 2.61. The molecular formula is C22H29N3O2. The molecule has 2 rings (SSSR count). The molecule has 2 aromatic carbocycles. The summed E-state index contributed by atoms with van der Waals surface area (Å²) < 4.78 is 0. The van der Waals surface area contributed by atoms with Gasteiger partial charge in [-0.1, -0.05) is 30.3 Å². The van der Waals surface area contributed by atoms with Gasteiger partial charge in [0.05, 0.1) is 0 Å². The van der Waals surface area contributed by atoms with Crippen molar-refractivity contribution < 1.29 is 9.59 Å². The molecule has 2 aromatic rings. The van der Waals surface area contributed by atoms with Crippen molar-refractivity contribution in [3.05, 3.63) is 65.7 Å². The van der Waals surface area contributed by atoms with Gasteiger partial charge in [0.1, 0.15) is 0 Å². The van der Waals surface area contributed by atoms with E-state index < -0.39 is 0 Å². The molecule has 0 aromatic heterocycles. The van der Waals surface area contributed by atoms with E-state index in [0.29, 0.717) is 11.3 Å². The second-order valence-electron chi connectivity index (χ2n) is 7.81. The van der Waals surface area contributed by atoms with E-state index in [1.807, 2.05) is 45.9 Å². The fourth-order valence-corrected chi connectivity index (χ4v) is 2.61. The molecule has 0 aliphatic heterocycles. The summed E-state index contributed by atoms with van der Waals surface area (Å²) in [6, 6.07) is 16.9. The Balaban J connectivity index is 1.80. The van der Waals surface area contributed by atoms with Crippen molar-refractivity contribution in [2.24, 2.45) is 0 Å². The first kappa shape index (κ1) is 20.5. The summed E-state index contributed by atoms with van der Waals surface area (Å²) in [5.41, 5.74) is 2.18. The maximum atomic E-state index is 12.1. The van der Waals surface area contributed by atoms with E-state index in [9.17, 15) is 9.59 Å². The van der Waals surface area contributed by atoms with E-state index in [1.54, 1.807) is 24.3 Å². The largest absolute Gasteiger partial charge is 0.347 e. The van der Waals surface area contributed by atoms with Crippen LogP contribution < -0.4 is 16.0 Å². The van der Waals surface area contributed by atoms with Crippen LogP contribution in [0.4, 0.5) is 10.5 Å². The van der Waals surface area contributed by atoms with Gasteiger partial charge in [-0.3, -0.25) is 4.79 Å². The maximum Gasteiger partial charge on any atom is 0.319 e. The zero-order valence-corrected chi connectivity index (χ0v) is 16.5. The monoisotopic (exact) mass is 367 g/mol. The van der Waals surface area contributed by atoms with Gasteiger partial charge in [-0.25, -0.2) is 4.79 Å². The van der Waals surface area contributed by atoms with E-state index >= 15 is 0 Å². The maximum absolute atomic E-state index is 12.1. The van der Waals surface area contributed by atoms with E-state index in [4.69, 9.17) is 0 Å². The minimum Gasteiger partial charge on any atom is -0.347 e. The van der Waals surface area contributed by atoms with Gasteiger partial charge in [-0.05, 0) is 70.4 Å². The van der Waals surface area contributed by atoms with Crippen molar-refractivity contribution in [3.63, 3.8) is 0 Å². The number of hydrogen-bond donors (Lipinski definition) is 3. The van der Waals surface area contributed by atoms with E-state index in [0.717, 1.165) is 12.8 Å². The molecule has 144 valence electrons. The van der Waals surface area contributed by atoms with Crippen molar-refractivity contribution in [2.75, 3.05) is 5.32 Å². The van der Waals surface area contributed by atoms with Crippen LogP contribution >= 0.6 is 0 Å². The summed E-state index contributed by atoms with van der Waals surface area (Å²) in [5.74, 6) is -0.131. The molecule has 0 spiro atoms. The highest BCUT2D eigenvalue weighted by Crippen LogP contribution is 2.11. The molecule has 0 bridgehead atoms. The van der Waals surface area contributed by atoms with Crippen LogP contribution in [0.5, 0.6) is 0 Å². The van der Waals surface area contributed by atoms with E-state index in [1.165, 1.54) is 5.56 Å². The third-order valence-electron chi connectivity index (χ3n) is 3.98. The number of rotatable bonds is 6. The first-order valence-electron chi connectivity index (χ1n) is 9.27. The Hall–Kier alpha value is -2.82. The minimum atomic E-state index is -0.288. The average Bonchev–Trinajstić information content (AvgIpc) is 2.60. The molecule has 0 saturated heterocycles. The zero-order chi connectivity index (χ0) is 19.9. The molecule has 0 saturated carbocycles. The summed E-state index contributed by atoms with van der Waals surface area (Å²) in [6.45, 7) is 7.79. The summed E-state index contributed by atoms with van der Waals surface area (Å²) in [7, 11) is 0. The number of amides is 3. The Kier molecular flexibility index (Phi) is 6.99. The number of benzene rings is 2. The standard InChI is InChI=1S/C22H29N3O2/c1-16(10-11-17-8-6-5-7-9-17)23-21(27)24-19-14-12-18(13-15-19)20(26)25-22(2,3)4/h5-9,12-16H,10-11H2,1-4H3,(H,25,26)(H2,23,24,27). The van der Waals surface area contributed by atoms with Crippen LogP contribution in [0.25, 0.3) is 0 Å². The number of hydrogen-bond acceptors (Lipinski definition) is 2. The van der Waals surface area contributed by atoms with Crippen molar-refractivity contribution >= 4 is 17.6 Å². The van der Waals surface area contributed by atoms with E-state index in [2.05, 4.69) is 28.1 Å². The number of nitrogens with one attached hydrogen (secondary N) is 3. The molecule has 3 N–H and O–H groups in total. The lowest BCUT2D eigenvalue weighted by Gasteiger charge is -2.20. The Labute approximate surface area is 161 Å². The van der Waals surface area contributed by atoms with Crippen LogP contribution in [0.15, 0.2) is 54.6 Å². The quantitative estimate of drug-likeness (QED) is 0.710. The van der Waals surface area contributed by atoms with Gasteiger partial charge in [0.25, 0.3) is 5.91 Å². The first-order valence-corrected chi connectivity index (χ1v) is 9.27. The normalized spacial score (nSPS) is 12.1. The second-order valence-corrected chi connectivity index (χ2v) is 7.81. The summed E-state index contributed by atoms with van der Waals surface area (Å²) >= 11 is 0. The zero-order valence-electron chi connectivity index (χ0n) is 16.5. The topological polar surface area (TPSA) is 70.2 Å². The molecule has 0 fully saturated rings. The molecule has 3 amide bonds. The van der Waals surface area contributed by atoms with Crippen LogP contribution in [0.2, 0.25) is 0 Å². The van der Waals surface area contributed by atoms with Crippen LogP contribution in [-0.2, 0) is 6.42 Å². The van der Waals surface area contributed by atoms with Crippen molar-refractivity contribution in [1.29, 1.82) is 0 Å². The Morgan fingerprint density at radius 2 is 1.59 bits per heavy atom. The molecule has 5 heteroatoms. The molecule has 5 nitrogen and oxygen atoms in total. The molecule has 27 heavy (non-hydrogen) atoms. The van der Waals surface area contributed by atoms with Gasteiger partial charge in [-0.2, -0.15) is 0 Å². The highest BCUT2D eigenvalue weighted by Gasteiger charge is 2.15. The predicted molar refractivity (Wildman–Crippen MR) is 110 cm³/mol. The van der Waals surface area contributed by atoms with Crippen LogP contribution in [0.1, 0.15) is 50.0 Å². The van der Waals surface area contributed by atoms with Crippen LogP contribution in [0.3, 0.4) is 0 Å². The molecular weight excluding hydrogens is 338 g/mol. The van der Waals surface area contributed by atoms with Crippen molar-refractivity contribution in [3.8, 4) is 0 Å². The number of carbonyl (C=O) groups is 2.